The smallest absolute Gasteiger partial charge is 0.191 e. The molecule has 3 aromatic rings. The minimum absolute atomic E-state index is 0.0551. The van der Waals surface area contributed by atoms with Gasteiger partial charge in [0, 0.05) is 16.8 Å². The largest absolute Gasteiger partial charge is 0.363 e. The molecule has 0 radical (unpaired) electrons. The molecule has 1 atom stereocenters. The van der Waals surface area contributed by atoms with Gasteiger partial charge in [-0.25, -0.2) is 4.99 Å². The molecule has 0 bridgehead atoms. The highest BCUT2D eigenvalue weighted by molar-refractivity contribution is 6.03. The van der Waals surface area contributed by atoms with Gasteiger partial charge in [0.2, 0.25) is 0 Å². The zero-order chi connectivity index (χ0) is 23.0. The summed E-state index contributed by atoms with van der Waals surface area (Å²) in [6, 6.07) is 25.5. The van der Waals surface area contributed by atoms with Gasteiger partial charge < -0.3 is 10.4 Å². The van der Waals surface area contributed by atoms with Crippen molar-refractivity contribution >= 4 is 22.6 Å². The highest BCUT2D eigenvalue weighted by atomic mass is 16.3. The normalized spacial score (nSPS) is 20.9. The van der Waals surface area contributed by atoms with E-state index in [9.17, 15) is 15.6 Å². The summed E-state index contributed by atoms with van der Waals surface area (Å²) in [7, 11) is 0. The summed E-state index contributed by atoms with van der Waals surface area (Å²) < 4.78 is 0. The van der Waals surface area contributed by atoms with Crippen LogP contribution in [0, 0.1) is 22.7 Å². The third-order valence-corrected chi connectivity index (χ3v) is 6.10. The zero-order valence-corrected chi connectivity index (χ0v) is 18.0. The van der Waals surface area contributed by atoms with Crippen molar-refractivity contribution in [3.05, 3.63) is 112 Å². The first-order chi connectivity index (χ1) is 16.0. The summed E-state index contributed by atoms with van der Waals surface area (Å²) in [5.41, 5.74) is 2.98. The lowest BCUT2D eigenvalue weighted by molar-refractivity contribution is 0.0575. The van der Waals surface area contributed by atoms with Crippen LogP contribution in [-0.4, -0.2) is 10.8 Å². The van der Waals surface area contributed by atoms with Gasteiger partial charge in [-0.1, -0.05) is 72.8 Å². The Morgan fingerprint density at radius 1 is 1.00 bits per heavy atom. The molecule has 2 N–H and O–H groups in total. The summed E-state index contributed by atoms with van der Waals surface area (Å²) in [5, 5.41) is 36.5. The van der Waals surface area contributed by atoms with Crippen molar-refractivity contribution in [2.45, 2.75) is 19.1 Å². The lowest BCUT2D eigenvalue weighted by Crippen LogP contribution is -2.44. The summed E-state index contributed by atoms with van der Waals surface area (Å²) in [5.74, 6) is 0. The fraction of sp³-hybridized carbons (Fsp3) is 0.107. The highest BCUT2D eigenvalue weighted by Gasteiger charge is 2.39. The molecule has 1 heterocycles. The fourth-order valence-electron chi connectivity index (χ4n) is 4.60. The molecular weight excluding hydrogens is 408 g/mol. The molecular formula is C28H20N4O. The van der Waals surface area contributed by atoms with Crippen LogP contribution in [0.4, 0.5) is 0 Å². The molecule has 1 unspecified atom stereocenters. The second-order valence-electron chi connectivity index (χ2n) is 8.16. The molecule has 3 aromatic carbocycles. The van der Waals surface area contributed by atoms with E-state index in [1.165, 1.54) is 16.3 Å². The van der Waals surface area contributed by atoms with Crippen molar-refractivity contribution in [2.24, 2.45) is 4.99 Å². The van der Waals surface area contributed by atoms with Crippen molar-refractivity contribution in [1.29, 1.82) is 10.5 Å². The minimum atomic E-state index is -1.73. The van der Waals surface area contributed by atoms with Crippen molar-refractivity contribution in [2.75, 3.05) is 0 Å². The number of rotatable bonds is 2. The SMILES string of the molecule is CC1=NC(C#N)=C(C#N)NC(O)(c2ccccc2)C1=CC1=Cc2cccc3cccc(c23)C1. The topological polar surface area (TPSA) is 92.2 Å². The van der Waals surface area contributed by atoms with Gasteiger partial charge in [0.05, 0.1) is 0 Å². The Hall–Kier alpha value is -4.45. The minimum Gasteiger partial charge on any atom is -0.363 e. The molecule has 158 valence electrons. The third kappa shape index (κ3) is 3.42. The van der Waals surface area contributed by atoms with E-state index in [1.807, 2.05) is 42.5 Å². The lowest BCUT2D eigenvalue weighted by atomic mass is 9.85. The second kappa shape index (κ2) is 7.91. The predicted molar refractivity (Wildman–Crippen MR) is 129 cm³/mol. The molecule has 0 aromatic heterocycles. The van der Waals surface area contributed by atoms with Crippen molar-refractivity contribution in [3.8, 4) is 12.1 Å². The van der Waals surface area contributed by atoms with E-state index in [-0.39, 0.29) is 11.4 Å². The number of nitrogens with zero attached hydrogens (tertiary/aromatic N) is 3. The summed E-state index contributed by atoms with van der Waals surface area (Å²) in [6.07, 6.45) is 4.73. The van der Waals surface area contributed by atoms with Crippen molar-refractivity contribution < 1.29 is 5.11 Å². The molecule has 1 aliphatic heterocycles. The monoisotopic (exact) mass is 428 g/mol. The third-order valence-electron chi connectivity index (χ3n) is 6.10. The van der Waals surface area contributed by atoms with Crippen LogP contribution < -0.4 is 5.32 Å². The highest BCUT2D eigenvalue weighted by Crippen LogP contribution is 2.36. The Balaban J connectivity index is 1.72. The van der Waals surface area contributed by atoms with Crippen LogP contribution in [0.2, 0.25) is 0 Å². The Morgan fingerprint density at radius 2 is 1.76 bits per heavy atom. The van der Waals surface area contributed by atoms with Gasteiger partial charge in [-0.05, 0) is 46.9 Å². The van der Waals surface area contributed by atoms with Crippen molar-refractivity contribution in [1.82, 2.24) is 5.32 Å². The van der Waals surface area contributed by atoms with E-state index in [4.69, 9.17) is 0 Å². The Labute approximate surface area is 191 Å². The van der Waals surface area contributed by atoms with Gasteiger partial charge in [0.25, 0.3) is 0 Å². The van der Waals surface area contributed by atoms with E-state index in [1.54, 1.807) is 19.1 Å². The molecule has 33 heavy (non-hydrogen) atoms. The average Bonchev–Trinajstić information content (AvgIpc) is 2.95. The standard InChI is InChI=1S/C28H20N4O/c1-18-24(15-19-13-21-9-5-7-20-8-6-10-22(14-19)27(20)21)28(33,23-11-3-2-4-12-23)32-26(17-30)25(16-29)31-18/h2-13,15,32-33H,14H2,1H3. The molecule has 0 fully saturated rings. The molecule has 5 rings (SSSR count). The van der Waals surface area contributed by atoms with Gasteiger partial charge in [0.15, 0.2) is 17.1 Å². The number of aliphatic imine (C=N–C) groups is 1. The molecule has 0 amide bonds. The maximum absolute atomic E-state index is 12.0. The summed E-state index contributed by atoms with van der Waals surface area (Å²) in [4.78, 5) is 4.39. The first-order valence-corrected chi connectivity index (χ1v) is 10.6. The molecule has 1 aliphatic carbocycles. The number of nitrogens with one attached hydrogen (secondary N) is 1. The van der Waals surface area contributed by atoms with E-state index >= 15 is 0 Å². The van der Waals surface area contributed by atoms with Gasteiger partial charge >= 0.3 is 0 Å². The van der Waals surface area contributed by atoms with Crippen LogP contribution in [0.25, 0.3) is 16.8 Å². The number of hydrogen-bond donors (Lipinski definition) is 2. The molecule has 0 spiro atoms. The van der Waals surface area contributed by atoms with Crippen LogP contribution in [0.15, 0.2) is 100 Å². The quantitative estimate of drug-likeness (QED) is 0.609. The number of hydrogen-bond acceptors (Lipinski definition) is 5. The number of aliphatic hydroxyl groups is 1. The summed E-state index contributed by atoms with van der Waals surface area (Å²) >= 11 is 0. The van der Waals surface area contributed by atoms with E-state index in [0.717, 1.165) is 11.1 Å². The first kappa shape index (κ1) is 20.5. The van der Waals surface area contributed by atoms with Gasteiger partial charge in [0.1, 0.15) is 12.1 Å². The maximum atomic E-state index is 12.0. The Morgan fingerprint density at radius 3 is 2.48 bits per heavy atom. The van der Waals surface area contributed by atoms with Crippen LogP contribution in [0.3, 0.4) is 0 Å². The second-order valence-corrected chi connectivity index (χ2v) is 8.16. The number of allylic oxidation sites excluding steroid dienone is 4. The van der Waals surface area contributed by atoms with E-state index in [0.29, 0.717) is 23.3 Å². The summed E-state index contributed by atoms with van der Waals surface area (Å²) in [6.45, 7) is 1.75. The van der Waals surface area contributed by atoms with E-state index < -0.39 is 5.72 Å². The Kier molecular flexibility index (Phi) is 4.90. The van der Waals surface area contributed by atoms with Gasteiger partial charge in [-0.2, -0.15) is 10.5 Å². The fourth-order valence-corrected chi connectivity index (χ4v) is 4.60. The first-order valence-electron chi connectivity index (χ1n) is 10.6. The molecule has 0 saturated heterocycles. The van der Waals surface area contributed by atoms with Crippen LogP contribution in [0.1, 0.15) is 23.6 Å². The zero-order valence-electron chi connectivity index (χ0n) is 18.0. The number of nitriles is 2. The van der Waals surface area contributed by atoms with E-state index in [2.05, 4.69) is 46.7 Å². The maximum Gasteiger partial charge on any atom is 0.191 e. The average molecular weight is 428 g/mol. The molecule has 5 heteroatoms. The van der Waals surface area contributed by atoms with Crippen molar-refractivity contribution in [3.63, 3.8) is 0 Å². The molecule has 5 nitrogen and oxygen atoms in total. The van der Waals surface area contributed by atoms with Crippen LogP contribution in [0.5, 0.6) is 0 Å². The van der Waals surface area contributed by atoms with Crippen LogP contribution >= 0.6 is 0 Å². The number of benzene rings is 3. The van der Waals surface area contributed by atoms with Gasteiger partial charge in [-0.3, -0.25) is 0 Å². The molecule has 0 saturated carbocycles. The predicted octanol–water partition coefficient (Wildman–Crippen LogP) is 4.87. The Bertz CT molecular complexity index is 1490. The molecule has 2 aliphatic rings. The van der Waals surface area contributed by atoms with Crippen LogP contribution in [-0.2, 0) is 12.1 Å². The lowest BCUT2D eigenvalue weighted by Gasteiger charge is -2.32. The van der Waals surface area contributed by atoms with Gasteiger partial charge in [-0.15, -0.1) is 0 Å².